The first kappa shape index (κ1) is 15.5. The number of hydrogen-bond donors (Lipinski definition) is 1. The molecule has 0 spiro atoms. The largest absolute Gasteiger partial charge is 0.391 e. The molecule has 2 atom stereocenters. The number of nitrogens with zero attached hydrogens (tertiary/aromatic N) is 1. The van der Waals surface area contributed by atoms with E-state index in [4.69, 9.17) is 0 Å². The predicted octanol–water partition coefficient (Wildman–Crippen LogP) is 3.51. The third-order valence-electron chi connectivity index (χ3n) is 3.70. The fourth-order valence-corrected chi connectivity index (χ4v) is 2.21. The highest BCUT2D eigenvalue weighted by Crippen LogP contribution is 2.29. The Bertz CT molecular complexity index is 286. The molecule has 5 heteroatoms. The van der Waals surface area contributed by atoms with Crippen LogP contribution in [0.2, 0.25) is 0 Å². The fourth-order valence-electron chi connectivity index (χ4n) is 2.21. The Morgan fingerprint density at radius 3 is 2.61 bits per heavy atom. The maximum Gasteiger partial charge on any atom is 0.391 e. The molecule has 106 valence electrons. The van der Waals surface area contributed by atoms with Crippen LogP contribution in [0.25, 0.3) is 0 Å². The number of nitrogens with one attached hydrogen (secondary N) is 1. The summed E-state index contributed by atoms with van der Waals surface area (Å²) in [6, 6.07) is 0.319. The molecule has 1 N–H and O–H groups in total. The van der Waals surface area contributed by atoms with E-state index in [-0.39, 0.29) is 6.42 Å². The third-order valence-corrected chi connectivity index (χ3v) is 3.70. The second-order valence-corrected chi connectivity index (χ2v) is 5.13. The lowest BCUT2D eigenvalue weighted by molar-refractivity contribution is -0.172. The van der Waals surface area contributed by atoms with Gasteiger partial charge in [0.2, 0.25) is 0 Å². The quantitative estimate of drug-likeness (QED) is 0.604. The Hall–Kier alpha value is -0.550. The lowest BCUT2D eigenvalue weighted by Crippen LogP contribution is -2.45. The van der Waals surface area contributed by atoms with Crippen LogP contribution in [0, 0.1) is 5.92 Å². The SMILES string of the molecule is CNN(CCC(C)C(F)(F)F)C1CC=C(C)CC1. The van der Waals surface area contributed by atoms with Crippen molar-refractivity contribution in [2.24, 2.45) is 5.92 Å². The minimum atomic E-state index is -4.08. The highest BCUT2D eigenvalue weighted by Gasteiger charge is 2.36. The second kappa shape index (κ2) is 6.57. The van der Waals surface area contributed by atoms with Gasteiger partial charge in [-0.1, -0.05) is 18.6 Å². The number of hydrogen-bond acceptors (Lipinski definition) is 2. The molecule has 1 rings (SSSR count). The molecule has 0 saturated heterocycles. The molecule has 0 bridgehead atoms. The molecule has 2 nitrogen and oxygen atoms in total. The van der Waals surface area contributed by atoms with Gasteiger partial charge in [-0.3, -0.25) is 5.43 Å². The van der Waals surface area contributed by atoms with Crippen LogP contribution in [-0.4, -0.2) is 30.8 Å². The minimum Gasteiger partial charge on any atom is -0.258 e. The first-order valence-corrected chi connectivity index (χ1v) is 6.51. The summed E-state index contributed by atoms with van der Waals surface area (Å²) in [6.07, 6.45) is 1.23. The third kappa shape index (κ3) is 4.61. The van der Waals surface area contributed by atoms with Crippen molar-refractivity contribution in [3.8, 4) is 0 Å². The number of allylic oxidation sites excluding steroid dienone is 1. The molecular weight excluding hydrogens is 241 g/mol. The molecule has 0 aliphatic heterocycles. The zero-order chi connectivity index (χ0) is 13.8. The van der Waals surface area contributed by atoms with Gasteiger partial charge < -0.3 is 0 Å². The van der Waals surface area contributed by atoms with E-state index in [1.807, 2.05) is 5.01 Å². The molecule has 0 aromatic heterocycles. The van der Waals surface area contributed by atoms with Crippen LogP contribution in [0.4, 0.5) is 13.2 Å². The van der Waals surface area contributed by atoms with E-state index in [2.05, 4.69) is 18.4 Å². The van der Waals surface area contributed by atoms with Crippen molar-refractivity contribution >= 4 is 0 Å². The average Bonchev–Trinajstić information content (AvgIpc) is 2.30. The maximum absolute atomic E-state index is 12.4. The summed E-state index contributed by atoms with van der Waals surface area (Å²) in [5.41, 5.74) is 4.41. The summed E-state index contributed by atoms with van der Waals surface area (Å²) < 4.78 is 37.3. The van der Waals surface area contributed by atoms with Crippen molar-refractivity contribution in [1.82, 2.24) is 10.4 Å². The van der Waals surface area contributed by atoms with Crippen LogP contribution in [0.5, 0.6) is 0 Å². The highest BCUT2D eigenvalue weighted by atomic mass is 19.4. The second-order valence-electron chi connectivity index (χ2n) is 5.13. The zero-order valence-corrected chi connectivity index (χ0v) is 11.3. The summed E-state index contributed by atoms with van der Waals surface area (Å²) in [5.74, 6) is -1.24. The Morgan fingerprint density at radius 2 is 2.17 bits per heavy atom. The maximum atomic E-state index is 12.4. The van der Waals surface area contributed by atoms with Gasteiger partial charge in [0.05, 0.1) is 5.92 Å². The van der Waals surface area contributed by atoms with Crippen LogP contribution in [0.1, 0.15) is 39.5 Å². The van der Waals surface area contributed by atoms with Gasteiger partial charge >= 0.3 is 6.18 Å². The summed E-state index contributed by atoms with van der Waals surface area (Å²) in [5, 5.41) is 1.95. The highest BCUT2D eigenvalue weighted by molar-refractivity contribution is 5.04. The molecule has 0 heterocycles. The number of hydrazine groups is 1. The topological polar surface area (TPSA) is 15.3 Å². The summed E-state index contributed by atoms with van der Waals surface area (Å²) >= 11 is 0. The minimum absolute atomic E-state index is 0.142. The lowest BCUT2D eigenvalue weighted by Gasteiger charge is -2.33. The van der Waals surface area contributed by atoms with Gasteiger partial charge in [0.15, 0.2) is 0 Å². The summed E-state index contributed by atoms with van der Waals surface area (Å²) in [7, 11) is 1.78. The zero-order valence-electron chi connectivity index (χ0n) is 11.3. The lowest BCUT2D eigenvalue weighted by atomic mass is 9.95. The molecule has 18 heavy (non-hydrogen) atoms. The molecule has 0 amide bonds. The summed E-state index contributed by atoms with van der Waals surface area (Å²) in [6.45, 7) is 3.79. The molecule has 0 radical (unpaired) electrons. The van der Waals surface area contributed by atoms with Gasteiger partial charge in [0.25, 0.3) is 0 Å². The Labute approximate surface area is 107 Å². The van der Waals surface area contributed by atoms with E-state index in [1.165, 1.54) is 12.5 Å². The van der Waals surface area contributed by atoms with E-state index in [0.717, 1.165) is 19.3 Å². The monoisotopic (exact) mass is 264 g/mol. The molecule has 0 aromatic rings. The predicted molar refractivity (Wildman–Crippen MR) is 67.0 cm³/mol. The first-order valence-electron chi connectivity index (χ1n) is 6.51. The number of rotatable bonds is 5. The van der Waals surface area contributed by atoms with Crippen molar-refractivity contribution in [2.45, 2.75) is 51.7 Å². The van der Waals surface area contributed by atoms with Crippen molar-refractivity contribution in [3.63, 3.8) is 0 Å². The van der Waals surface area contributed by atoms with Gasteiger partial charge in [0.1, 0.15) is 0 Å². The van der Waals surface area contributed by atoms with Gasteiger partial charge in [-0.25, -0.2) is 5.01 Å². The standard InChI is InChI=1S/C13H23F3N2/c1-10-4-6-12(7-5-10)18(17-3)9-8-11(2)13(14,15)16/h4,11-12,17H,5-9H2,1-3H3. The van der Waals surface area contributed by atoms with Crippen LogP contribution >= 0.6 is 0 Å². The van der Waals surface area contributed by atoms with Crippen molar-refractivity contribution in [3.05, 3.63) is 11.6 Å². The molecular formula is C13H23F3N2. The van der Waals surface area contributed by atoms with E-state index >= 15 is 0 Å². The van der Waals surface area contributed by atoms with Crippen LogP contribution in [0.15, 0.2) is 11.6 Å². The number of halogens is 3. The van der Waals surface area contributed by atoms with Crippen LogP contribution in [0.3, 0.4) is 0 Å². The van der Waals surface area contributed by atoms with Crippen molar-refractivity contribution < 1.29 is 13.2 Å². The van der Waals surface area contributed by atoms with Crippen LogP contribution in [-0.2, 0) is 0 Å². The number of alkyl halides is 3. The van der Waals surface area contributed by atoms with Gasteiger partial charge in [-0.05, 0) is 39.7 Å². The van der Waals surface area contributed by atoms with E-state index in [1.54, 1.807) is 7.05 Å². The first-order chi connectivity index (χ1) is 8.34. The average molecular weight is 264 g/mol. The van der Waals surface area contributed by atoms with Crippen molar-refractivity contribution in [2.75, 3.05) is 13.6 Å². The molecule has 2 unspecified atom stereocenters. The normalized spacial score (nSPS) is 23.1. The molecule has 0 aromatic carbocycles. The van der Waals surface area contributed by atoms with Gasteiger partial charge in [-0.15, -0.1) is 0 Å². The Morgan fingerprint density at radius 1 is 1.50 bits per heavy atom. The molecule has 1 aliphatic rings. The molecule has 0 fully saturated rings. The van der Waals surface area contributed by atoms with E-state index < -0.39 is 12.1 Å². The Kier molecular flexibility index (Phi) is 5.66. The van der Waals surface area contributed by atoms with Crippen molar-refractivity contribution in [1.29, 1.82) is 0 Å². The smallest absolute Gasteiger partial charge is 0.258 e. The fraction of sp³-hybridized carbons (Fsp3) is 0.846. The molecule has 0 saturated carbocycles. The Balaban J connectivity index is 2.43. The van der Waals surface area contributed by atoms with E-state index in [0.29, 0.717) is 12.6 Å². The van der Waals surface area contributed by atoms with Crippen LogP contribution < -0.4 is 5.43 Å². The van der Waals surface area contributed by atoms with Gasteiger partial charge in [0, 0.05) is 12.6 Å². The molecule has 1 aliphatic carbocycles. The van der Waals surface area contributed by atoms with E-state index in [9.17, 15) is 13.2 Å². The van der Waals surface area contributed by atoms with Gasteiger partial charge in [-0.2, -0.15) is 13.2 Å². The summed E-state index contributed by atoms with van der Waals surface area (Å²) in [4.78, 5) is 0.